The Morgan fingerprint density at radius 2 is 1.73 bits per heavy atom. The van der Waals surface area contributed by atoms with Crippen molar-refractivity contribution in [3.05, 3.63) is 54.3 Å². The van der Waals surface area contributed by atoms with Crippen LogP contribution in [0, 0.1) is 5.82 Å². The smallest absolute Gasteiger partial charge is 0.243 e. The summed E-state index contributed by atoms with van der Waals surface area (Å²) in [7, 11) is -0.286. The van der Waals surface area contributed by atoms with Crippen LogP contribution in [-0.4, -0.2) is 63.4 Å². The van der Waals surface area contributed by atoms with E-state index in [9.17, 15) is 17.6 Å². The first kappa shape index (κ1) is 23.8. The predicted octanol–water partition coefficient (Wildman–Crippen LogP) is 2.80. The average Bonchev–Trinajstić information content (AvgIpc) is 2.69. The molecule has 0 aliphatic carbocycles. The molecule has 0 spiro atoms. The van der Waals surface area contributed by atoms with E-state index in [1.807, 2.05) is 0 Å². The van der Waals surface area contributed by atoms with Crippen LogP contribution in [0.3, 0.4) is 0 Å². The third kappa shape index (κ3) is 6.51. The molecule has 9 heteroatoms. The number of carbonyl (C=O) groups excluding carboxylic acids is 1. The molecule has 0 radical (unpaired) electrons. The highest BCUT2D eigenvalue weighted by atomic mass is 32.2. The molecule has 0 bridgehead atoms. The summed E-state index contributed by atoms with van der Waals surface area (Å²) in [5.41, 5.74) is 0.502. The number of nitrogens with zero attached hydrogens (tertiary/aromatic N) is 2. The Balaban J connectivity index is 1.83. The summed E-state index contributed by atoms with van der Waals surface area (Å²) in [5, 5.41) is 2.73. The molecule has 1 amide bonds. The van der Waals surface area contributed by atoms with Crippen LogP contribution in [-0.2, 0) is 14.8 Å². The van der Waals surface area contributed by atoms with Gasteiger partial charge in [0.25, 0.3) is 0 Å². The van der Waals surface area contributed by atoms with Crippen LogP contribution in [0.2, 0.25) is 0 Å². The maximum Gasteiger partial charge on any atom is 0.243 e. The normalized spacial score (nSPS) is 11.9. The van der Waals surface area contributed by atoms with Crippen LogP contribution in [0.5, 0.6) is 5.75 Å². The van der Waals surface area contributed by atoms with Crippen molar-refractivity contribution < 1.29 is 22.3 Å². The Hall–Kier alpha value is -2.49. The number of sulfonamides is 1. The number of ether oxygens (including phenoxy) is 1. The third-order valence-corrected chi connectivity index (χ3v) is 6.57. The largest absolute Gasteiger partial charge is 0.489 e. The second kappa shape index (κ2) is 10.5. The van der Waals surface area contributed by atoms with Gasteiger partial charge in [-0.05, 0) is 57.3 Å². The van der Waals surface area contributed by atoms with Gasteiger partial charge in [0, 0.05) is 25.3 Å². The Morgan fingerprint density at radius 3 is 2.33 bits per heavy atom. The number of nitrogens with one attached hydrogen (secondary N) is 1. The van der Waals surface area contributed by atoms with Crippen LogP contribution < -0.4 is 10.1 Å². The van der Waals surface area contributed by atoms with Gasteiger partial charge >= 0.3 is 0 Å². The third-order valence-electron chi connectivity index (χ3n) is 4.52. The summed E-state index contributed by atoms with van der Waals surface area (Å²) in [6.45, 7) is 4.37. The number of para-hydroxylation sites is 1. The molecule has 30 heavy (non-hydrogen) atoms. The SMILES string of the molecule is CC(C)N(C)S(=O)(=O)c1ccc(NC(=O)CN(C)CCOc2ccccc2F)cc1. The summed E-state index contributed by atoms with van der Waals surface area (Å²) >= 11 is 0. The number of amides is 1. The molecule has 0 saturated heterocycles. The maximum absolute atomic E-state index is 13.5. The van der Waals surface area contributed by atoms with Crippen LogP contribution >= 0.6 is 0 Å². The molecule has 1 N–H and O–H groups in total. The number of halogens is 1. The van der Waals surface area contributed by atoms with Gasteiger partial charge in [-0.1, -0.05) is 12.1 Å². The molecule has 7 nitrogen and oxygen atoms in total. The first-order valence-corrected chi connectivity index (χ1v) is 11.0. The van der Waals surface area contributed by atoms with Crippen molar-refractivity contribution in [2.24, 2.45) is 0 Å². The van der Waals surface area contributed by atoms with Crippen molar-refractivity contribution in [3.63, 3.8) is 0 Å². The van der Waals surface area contributed by atoms with E-state index in [-0.39, 0.29) is 35.7 Å². The highest BCUT2D eigenvalue weighted by Crippen LogP contribution is 2.19. The fourth-order valence-electron chi connectivity index (χ4n) is 2.55. The van der Waals surface area contributed by atoms with Crippen LogP contribution in [0.1, 0.15) is 13.8 Å². The summed E-state index contributed by atoms with van der Waals surface area (Å²) in [4.78, 5) is 14.1. The predicted molar refractivity (Wildman–Crippen MR) is 115 cm³/mol. The number of anilines is 1. The molecule has 0 aliphatic rings. The minimum atomic E-state index is -3.57. The molecule has 0 aromatic heterocycles. The van der Waals surface area contributed by atoms with E-state index in [0.29, 0.717) is 12.2 Å². The van der Waals surface area contributed by atoms with Gasteiger partial charge in [0.1, 0.15) is 6.61 Å². The number of likely N-dealkylation sites (N-methyl/N-ethyl adjacent to an activating group) is 1. The molecule has 0 saturated carbocycles. The summed E-state index contributed by atoms with van der Waals surface area (Å²) in [6, 6.07) is 12.0. The number of hydrogen-bond donors (Lipinski definition) is 1. The van der Waals surface area contributed by atoms with Crippen LogP contribution in [0.4, 0.5) is 10.1 Å². The molecular weight excluding hydrogens is 409 g/mol. The van der Waals surface area contributed by atoms with Gasteiger partial charge in [-0.2, -0.15) is 4.31 Å². The Labute approximate surface area is 177 Å². The summed E-state index contributed by atoms with van der Waals surface area (Å²) < 4.78 is 45.1. The van der Waals surface area contributed by atoms with E-state index >= 15 is 0 Å². The van der Waals surface area contributed by atoms with E-state index in [1.165, 1.54) is 29.6 Å². The Kier molecular flexibility index (Phi) is 8.33. The molecule has 2 rings (SSSR count). The number of benzene rings is 2. The van der Waals surface area contributed by atoms with Gasteiger partial charge in [-0.15, -0.1) is 0 Å². The second-order valence-electron chi connectivity index (χ2n) is 7.20. The minimum Gasteiger partial charge on any atom is -0.489 e. The number of hydrogen-bond acceptors (Lipinski definition) is 5. The van der Waals surface area contributed by atoms with Gasteiger partial charge in [-0.3, -0.25) is 9.69 Å². The zero-order valence-corrected chi connectivity index (χ0v) is 18.4. The lowest BCUT2D eigenvalue weighted by Gasteiger charge is -2.21. The summed E-state index contributed by atoms with van der Waals surface area (Å²) in [6.07, 6.45) is 0. The lowest BCUT2D eigenvalue weighted by atomic mass is 10.3. The molecule has 164 valence electrons. The van der Waals surface area contributed by atoms with E-state index in [2.05, 4.69) is 5.32 Å². The van der Waals surface area contributed by atoms with E-state index in [4.69, 9.17) is 4.74 Å². The van der Waals surface area contributed by atoms with Gasteiger partial charge in [-0.25, -0.2) is 12.8 Å². The molecule has 0 heterocycles. The monoisotopic (exact) mass is 437 g/mol. The van der Waals surface area contributed by atoms with Gasteiger partial charge in [0.15, 0.2) is 11.6 Å². The van der Waals surface area contributed by atoms with Crippen molar-refractivity contribution >= 4 is 21.6 Å². The summed E-state index contributed by atoms with van der Waals surface area (Å²) in [5.74, 6) is -0.505. The quantitative estimate of drug-likeness (QED) is 0.618. The van der Waals surface area contributed by atoms with E-state index in [0.717, 1.165) is 0 Å². The van der Waals surface area contributed by atoms with Crippen molar-refractivity contribution in [3.8, 4) is 5.75 Å². The van der Waals surface area contributed by atoms with Gasteiger partial charge < -0.3 is 10.1 Å². The maximum atomic E-state index is 13.5. The first-order valence-electron chi connectivity index (χ1n) is 9.55. The molecule has 0 unspecified atom stereocenters. The Bertz CT molecular complexity index is 949. The Morgan fingerprint density at radius 1 is 1.10 bits per heavy atom. The molecule has 2 aromatic carbocycles. The van der Waals surface area contributed by atoms with Gasteiger partial charge in [0.05, 0.1) is 11.4 Å². The zero-order chi connectivity index (χ0) is 22.3. The van der Waals surface area contributed by atoms with Crippen LogP contribution in [0.25, 0.3) is 0 Å². The molecule has 0 aliphatic heterocycles. The molecule has 2 aromatic rings. The van der Waals surface area contributed by atoms with E-state index in [1.54, 1.807) is 56.1 Å². The number of carbonyl (C=O) groups is 1. The standard InChI is InChI=1S/C21H28FN3O4S/c1-16(2)25(4)30(27,28)18-11-9-17(10-12-18)23-21(26)15-24(3)13-14-29-20-8-6-5-7-19(20)22/h5-12,16H,13-15H2,1-4H3,(H,23,26). The molecular formula is C21H28FN3O4S. The fraction of sp³-hybridized carbons (Fsp3) is 0.381. The zero-order valence-electron chi connectivity index (χ0n) is 17.6. The molecule has 0 fully saturated rings. The minimum absolute atomic E-state index is 0.108. The topological polar surface area (TPSA) is 79.0 Å². The average molecular weight is 438 g/mol. The van der Waals surface area contributed by atoms with Crippen molar-refractivity contribution in [1.82, 2.24) is 9.21 Å². The van der Waals surface area contributed by atoms with E-state index < -0.39 is 15.8 Å². The highest BCUT2D eigenvalue weighted by molar-refractivity contribution is 7.89. The van der Waals surface area contributed by atoms with Crippen molar-refractivity contribution in [2.75, 3.05) is 39.1 Å². The number of rotatable bonds is 10. The van der Waals surface area contributed by atoms with Crippen molar-refractivity contribution in [2.45, 2.75) is 24.8 Å². The highest BCUT2D eigenvalue weighted by Gasteiger charge is 2.22. The lowest BCUT2D eigenvalue weighted by molar-refractivity contribution is -0.117. The fourth-order valence-corrected chi connectivity index (χ4v) is 3.92. The van der Waals surface area contributed by atoms with Crippen LogP contribution in [0.15, 0.2) is 53.4 Å². The molecule has 0 atom stereocenters. The second-order valence-corrected chi connectivity index (χ2v) is 9.20. The van der Waals surface area contributed by atoms with Crippen molar-refractivity contribution in [1.29, 1.82) is 0 Å². The first-order chi connectivity index (χ1) is 14.1. The van der Waals surface area contributed by atoms with Gasteiger partial charge in [0.2, 0.25) is 15.9 Å². The lowest BCUT2D eigenvalue weighted by Crippen LogP contribution is -2.33.